The molecule has 0 spiro atoms. The molecule has 0 radical (unpaired) electrons. The fraction of sp³-hybridized carbons (Fsp3) is 0.529. The number of hydrogen-bond donors (Lipinski definition) is 0. The Kier molecular flexibility index (Phi) is 4.24. The number of hydrogen-bond acceptors (Lipinski definition) is 6. The van der Waals surface area contributed by atoms with Crippen LogP contribution in [0.1, 0.15) is 12.1 Å². The summed E-state index contributed by atoms with van der Waals surface area (Å²) in [4.78, 5) is 16.6. The van der Waals surface area contributed by atoms with Crippen LogP contribution < -0.4 is 0 Å². The summed E-state index contributed by atoms with van der Waals surface area (Å²) in [5.41, 5.74) is 1.36. The second-order valence-corrected chi connectivity index (χ2v) is 9.00. The second-order valence-electron chi connectivity index (χ2n) is 6.78. The summed E-state index contributed by atoms with van der Waals surface area (Å²) in [5, 5.41) is 4.90. The summed E-state index contributed by atoms with van der Waals surface area (Å²) < 4.78 is 28.5. The monoisotopic (exact) mass is 363 g/mol. The van der Waals surface area contributed by atoms with Crippen molar-refractivity contribution < 1.29 is 17.7 Å². The van der Waals surface area contributed by atoms with Crippen molar-refractivity contribution in [2.24, 2.45) is 0 Å². The van der Waals surface area contributed by atoms with Crippen LogP contribution in [0.4, 0.5) is 0 Å². The third-order valence-corrected chi connectivity index (χ3v) is 6.91. The van der Waals surface area contributed by atoms with Crippen LogP contribution in [-0.4, -0.2) is 73.0 Å². The van der Waals surface area contributed by atoms with E-state index in [1.54, 1.807) is 0 Å². The van der Waals surface area contributed by atoms with E-state index in [0.717, 1.165) is 18.5 Å². The number of amides is 1. The summed E-state index contributed by atoms with van der Waals surface area (Å²) in [6.45, 7) is 2.72. The first-order chi connectivity index (χ1) is 12.0. The van der Waals surface area contributed by atoms with Gasteiger partial charge in [0.15, 0.2) is 15.4 Å². The van der Waals surface area contributed by atoms with Crippen molar-refractivity contribution in [3.8, 4) is 0 Å². The summed E-state index contributed by atoms with van der Waals surface area (Å²) in [6.07, 6.45) is 0.941. The van der Waals surface area contributed by atoms with E-state index in [1.807, 2.05) is 29.2 Å². The van der Waals surface area contributed by atoms with Crippen LogP contribution in [0, 0.1) is 0 Å². The van der Waals surface area contributed by atoms with Gasteiger partial charge in [-0.15, -0.1) is 0 Å². The van der Waals surface area contributed by atoms with Crippen LogP contribution >= 0.6 is 0 Å². The van der Waals surface area contributed by atoms with E-state index in [0.29, 0.717) is 30.8 Å². The first kappa shape index (κ1) is 16.5. The number of rotatable bonds is 3. The van der Waals surface area contributed by atoms with E-state index in [2.05, 4.69) is 10.1 Å². The largest absolute Gasteiger partial charge is 0.356 e. The molecule has 134 valence electrons. The van der Waals surface area contributed by atoms with Crippen molar-refractivity contribution in [2.45, 2.75) is 18.9 Å². The Balaban J connectivity index is 1.35. The Bertz CT molecular complexity index is 884. The molecular formula is C17H21N3O4S. The van der Waals surface area contributed by atoms with E-state index in [1.165, 1.54) is 0 Å². The van der Waals surface area contributed by atoms with E-state index in [-0.39, 0.29) is 29.9 Å². The maximum atomic E-state index is 12.6. The Labute approximate surface area is 146 Å². The fourth-order valence-electron chi connectivity index (χ4n) is 3.72. The fourth-order valence-corrected chi connectivity index (χ4v) is 5.48. The van der Waals surface area contributed by atoms with Crippen molar-refractivity contribution in [1.82, 2.24) is 15.0 Å². The van der Waals surface area contributed by atoms with E-state index in [4.69, 9.17) is 4.52 Å². The van der Waals surface area contributed by atoms with Crippen LogP contribution in [-0.2, 0) is 21.1 Å². The predicted molar refractivity (Wildman–Crippen MR) is 92.9 cm³/mol. The molecular weight excluding hydrogens is 342 g/mol. The number of sulfone groups is 1. The highest BCUT2D eigenvalue weighted by Crippen LogP contribution is 2.21. The maximum Gasteiger partial charge on any atom is 0.228 e. The van der Waals surface area contributed by atoms with E-state index < -0.39 is 9.84 Å². The summed E-state index contributed by atoms with van der Waals surface area (Å²) in [6, 6.07) is 7.64. The molecule has 3 heterocycles. The van der Waals surface area contributed by atoms with Gasteiger partial charge in [0.25, 0.3) is 0 Å². The highest BCUT2D eigenvalue weighted by atomic mass is 32.2. The van der Waals surface area contributed by atoms with Gasteiger partial charge in [0.05, 0.1) is 17.9 Å². The van der Waals surface area contributed by atoms with Gasteiger partial charge in [-0.2, -0.15) is 0 Å². The molecule has 1 atom stereocenters. The standard InChI is InChI=1S/C17H21N3O4S/c21-17(11-15-14-3-1-2-4-16(14)24-18-15)20-8-6-19(7-9-20)13-5-10-25(22,23)12-13/h1-4,13H,5-12H2. The maximum absolute atomic E-state index is 12.6. The van der Waals surface area contributed by atoms with Gasteiger partial charge in [0.2, 0.25) is 5.91 Å². The molecule has 2 aliphatic rings. The van der Waals surface area contributed by atoms with Crippen molar-refractivity contribution in [3.63, 3.8) is 0 Å². The van der Waals surface area contributed by atoms with Gasteiger partial charge < -0.3 is 9.42 Å². The van der Waals surface area contributed by atoms with Crippen LogP contribution in [0.15, 0.2) is 28.8 Å². The number of benzene rings is 1. The smallest absolute Gasteiger partial charge is 0.228 e. The highest BCUT2D eigenvalue weighted by Gasteiger charge is 2.34. The minimum absolute atomic E-state index is 0.0396. The quantitative estimate of drug-likeness (QED) is 0.798. The number of carbonyl (C=O) groups is 1. The lowest BCUT2D eigenvalue weighted by Crippen LogP contribution is -2.52. The molecule has 2 aliphatic heterocycles. The number of aromatic nitrogens is 1. The predicted octanol–water partition coefficient (Wildman–Crippen LogP) is 0.702. The summed E-state index contributed by atoms with van der Waals surface area (Å²) >= 11 is 0. The molecule has 2 saturated heterocycles. The Morgan fingerprint density at radius 3 is 2.68 bits per heavy atom. The molecule has 8 heteroatoms. The highest BCUT2D eigenvalue weighted by molar-refractivity contribution is 7.91. The topological polar surface area (TPSA) is 83.7 Å². The van der Waals surface area contributed by atoms with Gasteiger partial charge in [-0.1, -0.05) is 17.3 Å². The molecule has 0 saturated carbocycles. The van der Waals surface area contributed by atoms with Crippen molar-refractivity contribution >= 4 is 26.7 Å². The van der Waals surface area contributed by atoms with Gasteiger partial charge in [-0.05, 0) is 18.6 Å². The molecule has 1 unspecified atom stereocenters. The lowest BCUT2D eigenvalue weighted by molar-refractivity contribution is -0.132. The minimum Gasteiger partial charge on any atom is -0.356 e. The van der Waals surface area contributed by atoms with Gasteiger partial charge in [-0.25, -0.2) is 8.42 Å². The van der Waals surface area contributed by atoms with E-state index in [9.17, 15) is 13.2 Å². The molecule has 2 fully saturated rings. The molecule has 1 aromatic carbocycles. The van der Waals surface area contributed by atoms with Crippen LogP contribution in [0.5, 0.6) is 0 Å². The number of carbonyl (C=O) groups excluding carboxylic acids is 1. The molecule has 0 bridgehead atoms. The van der Waals surface area contributed by atoms with Crippen molar-refractivity contribution in [1.29, 1.82) is 0 Å². The zero-order chi connectivity index (χ0) is 17.4. The van der Waals surface area contributed by atoms with Crippen LogP contribution in [0.2, 0.25) is 0 Å². The summed E-state index contributed by atoms with van der Waals surface area (Å²) in [7, 11) is -2.87. The van der Waals surface area contributed by atoms with Crippen LogP contribution in [0.25, 0.3) is 11.0 Å². The molecule has 7 nitrogen and oxygen atoms in total. The number of para-hydroxylation sites is 1. The number of nitrogens with zero attached hydrogens (tertiary/aromatic N) is 3. The zero-order valence-corrected chi connectivity index (χ0v) is 14.7. The summed E-state index contributed by atoms with van der Waals surface area (Å²) in [5.74, 6) is 0.583. The van der Waals surface area contributed by atoms with Crippen molar-refractivity contribution in [3.05, 3.63) is 30.0 Å². The van der Waals surface area contributed by atoms with Gasteiger partial charge >= 0.3 is 0 Å². The third-order valence-electron chi connectivity index (χ3n) is 5.16. The average Bonchev–Trinajstić information content (AvgIpc) is 3.18. The number of fused-ring (bicyclic) bond motifs is 1. The van der Waals surface area contributed by atoms with Gasteiger partial charge in [0.1, 0.15) is 5.69 Å². The lowest BCUT2D eigenvalue weighted by atomic mass is 10.1. The van der Waals surface area contributed by atoms with Crippen LogP contribution in [0.3, 0.4) is 0 Å². The van der Waals surface area contributed by atoms with Gasteiger partial charge in [0, 0.05) is 37.6 Å². The molecule has 4 rings (SSSR count). The molecule has 1 amide bonds. The lowest BCUT2D eigenvalue weighted by Gasteiger charge is -2.37. The molecule has 0 N–H and O–H groups in total. The van der Waals surface area contributed by atoms with E-state index >= 15 is 0 Å². The Morgan fingerprint density at radius 2 is 1.96 bits per heavy atom. The Hall–Kier alpha value is -1.93. The molecule has 0 aliphatic carbocycles. The van der Waals surface area contributed by atoms with Gasteiger partial charge in [-0.3, -0.25) is 9.69 Å². The normalized spacial score (nSPS) is 24.0. The SMILES string of the molecule is O=C(Cc1noc2ccccc12)N1CCN(C2CCS(=O)(=O)C2)CC1. The zero-order valence-electron chi connectivity index (χ0n) is 13.9. The minimum atomic E-state index is -2.87. The third kappa shape index (κ3) is 3.41. The first-order valence-corrected chi connectivity index (χ1v) is 10.4. The number of piperazine rings is 1. The average molecular weight is 363 g/mol. The Morgan fingerprint density at radius 1 is 1.20 bits per heavy atom. The molecule has 25 heavy (non-hydrogen) atoms. The first-order valence-electron chi connectivity index (χ1n) is 8.57. The second kappa shape index (κ2) is 6.42. The molecule has 2 aromatic rings. The molecule has 1 aromatic heterocycles. The van der Waals surface area contributed by atoms with Crippen molar-refractivity contribution in [2.75, 3.05) is 37.7 Å².